The summed E-state index contributed by atoms with van der Waals surface area (Å²) in [5, 5.41) is 21.3. The van der Waals surface area contributed by atoms with Gasteiger partial charge in [0.1, 0.15) is 0 Å². The Hall–Kier alpha value is -3.36. The number of rotatable bonds is 6. The van der Waals surface area contributed by atoms with Gasteiger partial charge in [0.25, 0.3) is 11.4 Å². The van der Waals surface area contributed by atoms with E-state index in [2.05, 4.69) is 10.9 Å². The molecule has 2 aromatic rings. The molecule has 114 valence electrons. The molecular weight excluding hydrogens is 292 g/mol. The molecule has 9 nitrogen and oxygen atoms in total. The van der Waals surface area contributed by atoms with Crippen LogP contribution in [0.1, 0.15) is 0 Å². The second kappa shape index (κ2) is 6.39. The van der Waals surface area contributed by atoms with Crippen LogP contribution in [0, 0.1) is 20.2 Å². The van der Waals surface area contributed by atoms with E-state index in [0.717, 1.165) is 0 Å². The number of non-ortho nitro benzene ring substituents is 2. The Kier molecular flexibility index (Phi) is 4.37. The summed E-state index contributed by atoms with van der Waals surface area (Å²) in [5.41, 5.74) is 6.64. The number of hydrazine groups is 1. The van der Waals surface area contributed by atoms with E-state index in [1.165, 1.54) is 49.6 Å². The molecule has 0 aliphatic heterocycles. The lowest BCUT2D eigenvalue weighted by Gasteiger charge is -2.12. The number of anilines is 2. The Bertz CT molecular complexity index is 702. The summed E-state index contributed by atoms with van der Waals surface area (Å²) in [6.07, 6.45) is 0. The molecule has 0 saturated heterocycles. The van der Waals surface area contributed by atoms with Gasteiger partial charge in [-0.2, -0.15) is 0 Å². The Morgan fingerprint density at radius 2 is 1.50 bits per heavy atom. The van der Waals surface area contributed by atoms with Crippen LogP contribution in [0.15, 0.2) is 42.5 Å². The van der Waals surface area contributed by atoms with Gasteiger partial charge in [-0.05, 0) is 18.2 Å². The maximum absolute atomic E-state index is 10.7. The number of nitro benzene ring substituents is 2. The van der Waals surface area contributed by atoms with E-state index in [4.69, 9.17) is 4.74 Å². The highest BCUT2D eigenvalue weighted by Crippen LogP contribution is 2.29. The van der Waals surface area contributed by atoms with Gasteiger partial charge < -0.3 is 10.2 Å². The fourth-order valence-electron chi connectivity index (χ4n) is 1.70. The summed E-state index contributed by atoms with van der Waals surface area (Å²) in [5.74, 6) is 0.295. The van der Waals surface area contributed by atoms with Gasteiger partial charge in [-0.3, -0.25) is 25.7 Å². The lowest BCUT2D eigenvalue weighted by atomic mass is 10.2. The maximum Gasteiger partial charge on any atom is 0.273 e. The predicted octanol–water partition coefficient (Wildman–Crippen LogP) is 2.95. The minimum atomic E-state index is -0.518. The van der Waals surface area contributed by atoms with Gasteiger partial charge in [0.2, 0.25) is 0 Å². The molecule has 0 saturated carbocycles. The molecule has 2 rings (SSSR count). The lowest BCUT2D eigenvalue weighted by Crippen LogP contribution is -2.09. The van der Waals surface area contributed by atoms with E-state index in [0.29, 0.717) is 17.1 Å². The number of nitrogens with one attached hydrogen (secondary N) is 2. The SMILES string of the molecule is COc1cc([N+](=O)[O-])ccc1NNc1ccc([N+](=O)[O-])cc1. The molecule has 0 radical (unpaired) electrons. The molecule has 2 aromatic carbocycles. The Labute approximate surface area is 124 Å². The van der Waals surface area contributed by atoms with Gasteiger partial charge in [0, 0.05) is 18.2 Å². The van der Waals surface area contributed by atoms with Crippen molar-refractivity contribution in [2.45, 2.75) is 0 Å². The highest BCUT2D eigenvalue weighted by molar-refractivity contribution is 5.63. The summed E-state index contributed by atoms with van der Waals surface area (Å²) in [7, 11) is 1.40. The van der Waals surface area contributed by atoms with Crippen LogP contribution in [0.4, 0.5) is 22.7 Å². The molecule has 0 heterocycles. The van der Waals surface area contributed by atoms with E-state index in [9.17, 15) is 20.2 Å². The van der Waals surface area contributed by atoms with Crippen molar-refractivity contribution >= 4 is 22.7 Å². The van der Waals surface area contributed by atoms with Crippen LogP contribution in [0.2, 0.25) is 0 Å². The van der Waals surface area contributed by atoms with Crippen molar-refractivity contribution in [3.05, 3.63) is 62.7 Å². The number of hydrogen-bond donors (Lipinski definition) is 2. The van der Waals surface area contributed by atoms with Crippen LogP contribution in [-0.2, 0) is 0 Å². The first-order valence-electron chi connectivity index (χ1n) is 6.10. The third-order valence-corrected chi connectivity index (χ3v) is 2.82. The van der Waals surface area contributed by atoms with Crippen LogP contribution in [0.3, 0.4) is 0 Å². The van der Waals surface area contributed by atoms with E-state index < -0.39 is 9.85 Å². The molecule has 0 fully saturated rings. The minimum absolute atomic E-state index is 0.0153. The zero-order valence-electron chi connectivity index (χ0n) is 11.5. The Morgan fingerprint density at radius 1 is 0.909 bits per heavy atom. The molecule has 0 atom stereocenters. The minimum Gasteiger partial charge on any atom is -0.494 e. The highest BCUT2D eigenvalue weighted by atomic mass is 16.6. The number of ether oxygens (including phenoxy) is 1. The standard InChI is InChI=1S/C13H12N4O5/c1-22-13-8-11(17(20)21)6-7-12(13)15-14-9-2-4-10(5-3-9)16(18)19/h2-8,14-15H,1H3. The molecule has 0 aliphatic carbocycles. The van der Waals surface area contributed by atoms with Crippen molar-refractivity contribution in [3.63, 3.8) is 0 Å². The molecule has 22 heavy (non-hydrogen) atoms. The van der Waals surface area contributed by atoms with E-state index >= 15 is 0 Å². The molecular formula is C13H12N4O5. The molecule has 0 bridgehead atoms. The van der Waals surface area contributed by atoms with Crippen molar-refractivity contribution in [2.24, 2.45) is 0 Å². The number of benzene rings is 2. The first-order valence-corrected chi connectivity index (χ1v) is 6.10. The van der Waals surface area contributed by atoms with Crippen LogP contribution < -0.4 is 15.6 Å². The van der Waals surface area contributed by atoms with Crippen molar-refractivity contribution < 1.29 is 14.6 Å². The number of methoxy groups -OCH3 is 1. The molecule has 0 amide bonds. The third kappa shape index (κ3) is 3.39. The van der Waals surface area contributed by atoms with Crippen molar-refractivity contribution in [1.82, 2.24) is 0 Å². The highest BCUT2D eigenvalue weighted by Gasteiger charge is 2.11. The summed E-state index contributed by atoms with van der Waals surface area (Å²) in [4.78, 5) is 20.3. The fourth-order valence-corrected chi connectivity index (χ4v) is 1.70. The molecule has 0 aliphatic rings. The topological polar surface area (TPSA) is 120 Å². The number of nitrogens with zero attached hydrogens (tertiary/aromatic N) is 2. The van der Waals surface area contributed by atoms with Gasteiger partial charge >= 0.3 is 0 Å². The normalized spacial score (nSPS) is 9.86. The molecule has 0 unspecified atom stereocenters. The van der Waals surface area contributed by atoms with Crippen molar-refractivity contribution in [2.75, 3.05) is 18.0 Å². The predicted molar refractivity (Wildman–Crippen MR) is 80.0 cm³/mol. The molecule has 0 aromatic heterocycles. The van der Waals surface area contributed by atoms with Crippen LogP contribution in [-0.4, -0.2) is 17.0 Å². The summed E-state index contributed by atoms with van der Waals surface area (Å²) in [6, 6.07) is 9.90. The third-order valence-electron chi connectivity index (χ3n) is 2.82. The Morgan fingerprint density at radius 3 is 2.05 bits per heavy atom. The van der Waals surface area contributed by atoms with Gasteiger partial charge in [0.15, 0.2) is 5.75 Å². The largest absolute Gasteiger partial charge is 0.494 e. The summed E-state index contributed by atoms with van der Waals surface area (Å²) in [6.45, 7) is 0. The molecule has 9 heteroatoms. The monoisotopic (exact) mass is 304 g/mol. The number of nitro groups is 2. The second-order valence-electron chi connectivity index (χ2n) is 4.20. The van der Waals surface area contributed by atoms with Crippen molar-refractivity contribution in [3.8, 4) is 5.75 Å². The van der Waals surface area contributed by atoms with Gasteiger partial charge in [-0.1, -0.05) is 0 Å². The van der Waals surface area contributed by atoms with E-state index in [-0.39, 0.29) is 11.4 Å². The van der Waals surface area contributed by atoms with Gasteiger partial charge in [0.05, 0.1) is 34.4 Å². The zero-order valence-corrected chi connectivity index (χ0v) is 11.5. The first-order chi connectivity index (χ1) is 10.5. The van der Waals surface area contributed by atoms with E-state index in [1.54, 1.807) is 0 Å². The van der Waals surface area contributed by atoms with Gasteiger partial charge in [-0.15, -0.1) is 0 Å². The lowest BCUT2D eigenvalue weighted by molar-refractivity contribution is -0.385. The molecule has 0 spiro atoms. The van der Waals surface area contributed by atoms with Gasteiger partial charge in [-0.25, -0.2) is 0 Å². The van der Waals surface area contributed by atoms with Crippen LogP contribution in [0.5, 0.6) is 5.75 Å². The fraction of sp³-hybridized carbons (Fsp3) is 0.0769. The zero-order chi connectivity index (χ0) is 16.1. The quantitative estimate of drug-likeness (QED) is 0.621. The first kappa shape index (κ1) is 15.0. The average molecular weight is 304 g/mol. The molecule has 2 N–H and O–H groups in total. The maximum atomic E-state index is 10.7. The van der Waals surface area contributed by atoms with Crippen LogP contribution >= 0.6 is 0 Å². The number of hydrogen-bond acceptors (Lipinski definition) is 7. The summed E-state index contributed by atoms with van der Waals surface area (Å²) < 4.78 is 5.08. The smallest absolute Gasteiger partial charge is 0.273 e. The van der Waals surface area contributed by atoms with E-state index in [1.807, 2.05) is 0 Å². The average Bonchev–Trinajstić information content (AvgIpc) is 2.52. The second-order valence-corrected chi connectivity index (χ2v) is 4.20. The van der Waals surface area contributed by atoms with Crippen LogP contribution in [0.25, 0.3) is 0 Å². The Balaban J connectivity index is 2.10. The van der Waals surface area contributed by atoms with Crippen molar-refractivity contribution in [1.29, 1.82) is 0 Å². The summed E-state index contributed by atoms with van der Waals surface area (Å²) >= 11 is 0.